The maximum absolute atomic E-state index is 9.65. The summed E-state index contributed by atoms with van der Waals surface area (Å²) < 4.78 is 13.8. The molecule has 0 aliphatic carbocycles. The van der Waals surface area contributed by atoms with Crippen molar-refractivity contribution in [1.29, 1.82) is 0 Å². The van der Waals surface area contributed by atoms with Crippen LogP contribution in [0.4, 0.5) is 0 Å². The van der Waals surface area contributed by atoms with Crippen LogP contribution >= 0.6 is 8.25 Å². The van der Waals surface area contributed by atoms with Crippen molar-refractivity contribution < 1.29 is 43.5 Å². The van der Waals surface area contributed by atoms with Gasteiger partial charge in [0.25, 0.3) is 0 Å². The van der Waals surface area contributed by atoms with E-state index < -0.39 is 8.25 Å². The van der Waals surface area contributed by atoms with Gasteiger partial charge in [0, 0.05) is 0 Å². The summed E-state index contributed by atoms with van der Waals surface area (Å²) in [4.78, 5) is 9.65. The normalized spacial score (nSPS) is 10.2. The Labute approximate surface area is 77.0 Å². The zero-order valence-electron chi connectivity index (χ0n) is 5.37. The molecule has 1 atom stereocenters. The fourth-order valence-electron chi connectivity index (χ4n) is 0.222. The van der Waals surface area contributed by atoms with Gasteiger partial charge in [-0.1, -0.05) is 0 Å². The van der Waals surface area contributed by atoms with E-state index >= 15 is 0 Å². The number of nitrogens with two attached hydrogens (primary N) is 1. The third kappa shape index (κ3) is 12.2. The first-order valence-corrected chi connectivity index (χ1v) is 3.34. The monoisotopic (exact) mass is 160 g/mol. The van der Waals surface area contributed by atoms with Crippen molar-refractivity contribution in [3.05, 3.63) is 0 Å². The first-order valence-electron chi connectivity index (χ1n) is 2.24. The fourth-order valence-corrected chi connectivity index (χ4v) is 0.501. The van der Waals surface area contributed by atoms with Crippen molar-refractivity contribution in [2.75, 3.05) is 13.2 Å². The Hall–Kier alpha value is 0.980. The van der Waals surface area contributed by atoms with Crippen LogP contribution < -0.4 is 40.2 Å². The summed E-state index contributed by atoms with van der Waals surface area (Å²) in [5, 5.41) is 0. The van der Waals surface area contributed by atoms with Crippen LogP contribution in [0.3, 0.4) is 0 Å². The molecule has 0 aliphatic heterocycles. The molecule has 9 heavy (non-hydrogen) atoms. The molecule has 0 radical (unpaired) electrons. The van der Waals surface area contributed by atoms with E-state index in [0.717, 1.165) is 0 Å². The molecule has 0 amide bonds. The van der Waals surface area contributed by atoms with Gasteiger partial charge in [-0.2, -0.15) is 0 Å². The van der Waals surface area contributed by atoms with Crippen LogP contribution in [-0.2, 0) is 9.09 Å². The van der Waals surface area contributed by atoms with E-state index in [0.29, 0.717) is 13.0 Å². The second kappa shape index (κ2) is 8.98. The van der Waals surface area contributed by atoms with Crippen LogP contribution in [0.15, 0.2) is 0 Å². The molecule has 0 saturated carbocycles. The zero-order chi connectivity index (χ0) is 6.41. The molecule has 2 N–H and O–H groups in total. The minimum Gasteiger partial charge on any atom is -0.566 e. The van der Waals surface area contributed by atoms with Crippen molar-refractivity contribution in [3.8, 4) is 0 Å². The van der Waals surface area contributed by atoms with Crippen LogP contribution in [0.2, 0.25) is 0 Å². The van der Waals surface area contributed by atoms with Crippen LogP contribution in [0.1, 0.15) is 6.42 Å². The summed E-state index contributed by atoms with van der Waals surface area (Å²) in [5.74, 6) is 0. The Balaban J connectivity index is 0. The van der Waals surface area contributed by atoms with Gasteiger partial charge in [-0.25, -0.2) is 0 Å². The molecule has 4 nitrogen and oxygen atoms in total. The molecule has 0 heterocycles. The average molecular weight is 160 g/mol. The van der Waals surface area contributed by atoms with Crippen molar-refractivity contribution >= 4 is 8.25 Å². The van der Waals surface area contributed by atoms with Gasteiger partial charge in [0.1, 0.15) is 6.61 Å². The number of rotatable bonds is 4. The first kappa shape index (κ1) is 12.6. The molecule has 0 aromatic rings. The smallest absolute Gasteiger partial charge is 0.566 e. The summed E-state index contributed by atoms with van der Waals surface area (Å²) in [6.07, 6.45) is 0.587. The Bertz CT molecular complexity index is 81.5. The van der Waals surface area contributed by atoms with E-state index in [9.17, 15) is 9.46 Å². The Morgan fingerprint density at radius 3 is 2.56 bits per heavy atom. The minimum absolute atomic E-state index is 0. The average Bonchev–Trinajstić information content (AvgIpc) is 1.66. The van der Waals surface area contributed by atoms with Crippen LogP contribution in [0.5, 0.6) is 0 Å². The molecule has 0 saturated heterocycles. The van der Waals surface area contributed by atoms with E-state index in [-0.39, 0.29) is 36.2 Å². The molecule has 0 fully saturated rings. The first-order chi connectivity index (χ1) is 3.77. The maximum atomic E-state index is 9.65. The third-order valence-electron chi connectivity index (χ3n) is 0.545. The molecule has 1 unspecified atom stereocenters. The molecule has 0 rings (SSSR count). The van der Waals surface area contributed by atoms with Gasteiger partial charge in [0.05, 0.1) is 0 Å². The third-order valence-corrected chi connectivity index (χ3v) is 0.939. The number of hydrogen-bond acceptors (Lipinski definition) is 4. The summed E-state index contributed by atoms with van der Waals surface area (Å²) in [7, 11) is -2.67. The van der Waals surface area contributed by atoms with E-state index in [1.54, 1.807) is 0 Å². The van der Waals surface area contributed by atoms with Crippen molar-refractivity contribution in [1.82, 2.24) is 0 Å². The van der Waals surface area contributed by atoms with Gasteiger partial charge in [0.2, 0.25) is 0 Å². The van der Waals surface area contributed by atoms with Gasteiger partial charge in [-0.05, 0) is 17.5 Å². The van der Waals surface area contributed by atoms with Crippen molar-refractivity contribution in [3.63, 3.8) is 0 Å². The summed E-state index contributed by atoms with van der Waals surface area (Å²) in [6.45, 7) is 0.665. The van der Waals surface area contributed by atoms with Gasteiger partial charge in [-0.15, -0.1) is 4.52 Å². The Morgan fingerprint density at radius 2 is 2.22 bits per heavy atom. The maximum Gasteiger partial charge on any atom is 1.00 e. The van der Waals surface area contributed by atoms with Crippen molar-refractivity contribution in [2.45, 2.75) is 6.42 Å². The molecule has 0 aliphatic rings. The predicted octanol–water partition coefficient (Wildman–Crippen LogP) is -3.63. The van der Waals surface area contributed by atoms with Gasteiger partial charge < -0.3 is 10.6 Å². The largest absolute Gasteiger partial charge is 1.00 e. The summed E-state index contributed by atoms with van der Waals surface area (Å²) in [5.41, 5.74) is 5.04. The van der Waals surface area contributed by atoms with Gasteiger partial charge in [0.15, 0.2) is 0 Å². The second-order valence-electron chi connectivity index (χ2n) is 1.20. The van der Waals surface area contributed by atoms with Crippen LogP contribution in [0, 0.1) is 0 Å². The summed E-state index contributed by atoms with van der Waals surface area (Å²) >= 11 is 0. The molecular formula is C3H8NNaO3P+. The second-order valence-corrected chi connectivity index (χ2v) is 1.90. The SMILES string of the molecule is NCCCO[P+](=O)[O-].[Na+]. The van der Waals surface area contributed by atoms with E-state index in [4.69, 9.17) is 5.73 Å². The van der Waals surface area contributed by atoms with E-state index in [1.807, 2.05) is 0 Å². The Kier molecular flexibility index (Phi) is 12.6. The van der Waals surface area contributed by atoms with Gasteiger partial charge >= 0.3 is 37.8 Å². The molecular weight excluding hydrogens is 152 g/mol. The predicted molar refractivity (Wildman–Crippen MR) is 27.2 cm³/mol. The molecule has 0 aromatic carbocycles. The van der Waals surface area contributed by atoms with Gasteiger partial charge in [-0.3, -0.25) is 0 Å². The van der Waals surface area contributed by atoms with Crippen LogP contribution in [-0.4, -0.2) is 13.2 Å². The minimum atomic E-state index is -2.67. The Morgan fingerprint density at radius 1 is 1.67 bits per heavy atom. The summed E-state index contributed by atoms with van der Waals surface area (Å²) in [6, 6.07) is 0. The number of hydrogen-bond donors (Lipinski definition) is 1. The molecule has 0 aromatic heterocycles. The molecule has 0 spiro atoms. The molecule has 0 bridgehead atoms. The molecule has 6 heteroatoms. The van der Waals surface area contributed by atoms with E-state index in [1.165, 1.54) is 0 Å². The van der Waals surface area contributed by atoms with Crippen LogP contribution in [0.25, 0.3) is 0 Å². The quantitative estimate of drug-likeness (QED) is 0.261. The van der Waals surface area contributed by atoms with Crippen molar-refractivity contribution in [2.24, 2.45) is 5.73 Å². The zero-order valence-corrected chi connectivity index (χ0v) is 8.27. The fraction of sp³-hybridized carbons (Fsp3) is 1.00. The standard InChI is InChI=1S/C3H8NO3P.Na/c4-2-1-3-7-8(5)6;/h1-4H2;/q;+1. The van der Waals surface area contributed by atoms with E-state index in [2.05, 4.69) is 4.52 Å². The topological polar surface area (TPSA) is 75.4 Å². The molecule has 48 valence electrons.